The third-order valence-corrected chi connectivity index (χ3v) is 4.28. The van der Waals surface area contributed by atoms with Crippen molar-refractivity contribution in [2.24, 2.45) is 0 Å². The number of nitrogens with zero attached hydrogens (tertiary/aromatic N) is 3. The number of methoxy groups -OCH3 is 1. The van der Waals surface area contributed by atoms with Gasteiger partial charge in [0.05, 0.1) is 35.8 Å². The van der Waals surface area contributed by atoms with E-state index in [0.29, 0.717) is 34.0 Å². The molecule has 0 unspecified atom stereocenters. The number of hydrogen-bond acceptors (Lipinski definition) is 7. The van der Waals surface area contributed by atoms with Gasteiger partial charge in [-0.3, -0.25) is 4.79 Å². The minimum atomic E-state index is -0.354. The lowest BCUT2D eigenvalue weighted by Crippen LogP contribution is -2.19. The molecule has 0 saturated carbocycles. The van der Waals surface area contributed by atoms with Gasteiger partial charge in [-0.05, 0) is 51.1 Å². The Balaban J connectivity index is 1.99. The number of anilines is 3. The first-order chi connectivity index (χ1) is 13.9. The fourth-order valence-corrected chi connectivity index (χ4v) is 2.84. The highest BCUT2D eigenvalue weighted by molar-refractivity contribution is 6.15. The first-order valence-electron chi connectivity index (χ1n) is 8.95. The van der Waals surface area contributed by atoms with Crippen LogP contribution in [-0.2, 0) is 0 Å². The van der Waals surface area contributed by atoms with E-state index in [1.165, 1.54) is 6.33 Å². The SMILES string of the molecule is COc1ccc(Nc2nc(C)cc(C(=O)Nc3cncnc3C)c2C(C)=N)cc1. The summed E-state index contributed by atoms with van der Waals surface area (Å²) in [6.45, 7) is 5.21. The zero-order chi connectivity index (χ0) is 21.0. The summed E-state index contributed by atoms with van der Waals surface area (Å²) in [5.41, 5.74) is 3.60. The molecule has 0 aliphatic rings. The van der Waals surface area contributed by atoms with Crippen LogP contribution < -0.4 is 15.4 Å². The fraction of sp³-hybridized carbons (Fsp3) is 0.190. The lowest BCUT2D eigenvalue weighted by atomic mass is 10.0. The number of carbonyl (C=O) groups excluding carboxylic acids is 1. The molecule has 2 heterocycles. The summed E-state index contributed by atoms with van der Waals surface area (Å²) in [6, 6.07) is 9.00. The quantitative estimate of drug-likeness (QED) is 0.551. The van der Waals surface area contributed by atoms with Gasteiger partial charge in [0.25, 0.3) is 5.91 Å². The third kappa shape index (κ3) is 4.55. The number of aryl methyl sites for hydroxylation is 2. The third-order valence-electron chi connectivity index (χ3n) is 4.28. The second kappa shape index (κ2) is 8.47. The highest BCUT2D eigenvalue weighted by Gasteiger charge is 2.20. The fourth-order valence-electron chi connectivity index (χ4n) is 2.84. The molecule has 3 N–H and O–H groups in total. The van der Waals surface area contributed by atoms with Crippen LogP contribution >= 0.6 is 0 Å². The maximum atomic E-state index is 13.0. The minimum Gasteiger partial charge on any atom is -0.497 e. The predicted molar refractivity (Wildman–Crippen MR) is 112 cm³/mol. The van der Waals surface area contributed by atoms with Gasteiger partial charge in [0.2, 0.25) is 0 Å². The Kier molecular flexibility index (Phi) is 5.82. The van der Waals surface area contributed by atoms with Gasteiger partial charge >= 0.3 is 0 Å². The highest BCUT2D eigenvalue weighted by Crippen LogP contribution is 2.26. The molecule has 1 aromatic carbocycles. The van der Waals surface area contributed by atoms with Crippen LogP contribution in [0.5, 0.6) is 5.75 Å². The summed E-state index contributed by atoms with van der Waals surface area (Å²) in [6.07, 6.45) is 2.97. The maximum absolute atomic E-state index is 13.0. The maximum Gasteiger partial charge on any atom is 0.256 e. The molecular formula is C21H22N6O2. The van der Waals surface area contributed by atoms with Gasteiger partial charge in [0, 0.05) is 17.1 Å². The Morgan fingerprint density at radius 2 is 1.90 bits per heavy atom. The standard InChI is InChI=1S/C21H22N6O2/c1-12-9-17(21(28)27-18-10-23-11-24-14(18)3)19(13(2)22)20(25-12)26-15-5-7-16(29-4)8-6-15/h5-11,22H,1-4H3,(H,25,26)(H,27,28). The number of nitrogens with one attached hydrogen (secondary N) is 3. The highest BCUT2D eigenvalue weighted by atomic mass is 16.5. The number of carbonyl (C=O) groups is 1. The number of pyridine rings is 1. The van der Waals surface area contributed by atoms with Gasteiger partial charge in [-0.25, -0.2) is 15.0 Å². The molecule has 3 aromatic rings. The summed E-state index contributed by atoms with van der Waals surface area (Å²) in [5, 5.41) is 14.3. The molecule has 0 radical (unpaired) electrons. The van der Waals surface area contributed by atoms with E-state index in [2.05, 4.69) is 25.6 Å². The van der Waals surface area contributed by atoms with Gasteiger partial charge in [0.15, 0.2) is 0 Å². The average molecular weight is 390 g/mol. The summed E-state index contributed by atoms with van der Waals surface area (Å²) in [7, 11) is 1.60. The molecule has 8 nitrogen and oxygen atoms in total. The number of hydrogen-bond donors (Lipinski definition) is 3. The number of benzene rings is 1. The first-order valence-corrected chi connectivity index (χ1v) is 8.95. The van der Waals surface area contributed by atoms with Crippen LogP contribution in [0.2, 0.25) is 0 Å². The molecule has 0 bridgehead atoms. The van der Waals surface area contributed by atoms with Crippen molar-refractivity contribution in [1.29, 1.82) is 5.41 Å². The second-order valence-electron chi connectivity index (χ2n) is 6.49. The molecule has 0 saturated heterocycles. The van der Waals surface area contributed by atoms with Crippen molar-refractivity contribution in [1.82, 2.24) is 15.0 Å². The van der Waals surface area contributed by atoms with E-state index in [1.54, 1.807) is 40.1 Å². The van der Waals surface area contributed by atoms with E-state index in [1.807, 2.05) is 24.3 Å². The Morgan fingerprint density at radius 3 is 2.52 bits per heavy atom. The van der Waals surface area contributed by atoms with Gasteiger partial charge in [-0.1, -0.05) is 0 Å². The van der Waals surface area contributed by atoms with Crippen LogP contribution in [0.15, 0.2) is 42.9 Å². The van der Waals surface area contributed by atoms with Crippen LogP contribution in [0.3, 0.4) is 0 Å². The van der Waals surface area contributed by atoms with E-state index >= 15 is 0 Å². The zero-order valence-electron chi connectivity index (χ0n) is 16.7. The van der Waals surface area contributed by atoms with Crippen molar-refractivity contribution in [3.05, 3.63) is 65.4 Å². The van der Waals surface area contributed by atoms with Crippen molar-refractivity contribution < 1.29 is 9.53 Å². The summed E-state index contributed by atoms with van der Waals surface area (Å²) < 4.78 is 5.18. The van der Waals surface area contributed by atoms with E-state index in [4.69, 9.17) is 10.1 Å². The Labute approximate surface area is 168 Å². The van der Waals surface area contributed by atoms with Gasteiger partial charge in [0.1, 0.15) is 17.9 Å². The molecule has 2 aromatic heterocycles. The molecular weight excluding hydrogens is 368 g/mol. The van der Waals surface area contributed by atoms with Gasteiger partial charge in [-0.2, -0.15) is 0 Å². The van der Waals surface area contributed by atoms with Crippen molar-refractivity contribution >= 4 is 28.8 Å². The summed E-state index contributed by atoms with van der Waals surface area (Å²) in [4.78, 5) is 25.5. The molecule has 29 heavy (non-hydrogen) atoms. The van der Waals surface area contributed by atoms with Gasteiger partial charge < -0.3 is 20.8 Å². The van der Waals surface area contributed by atoms with Crippen molar-refractivity contribution in [3.63, 3.8) is 0 Å². The molecule has 148 valence electrons. The van der Waals surface area contributed by atoms with Crippen LogP contribution in [0, 0.1) is 19.3 Å². The first kappa shape index (κ1) is 19.9. The second-order valence-corrected chi connectivity index (χ2v) is 6.49. The number of rotatable bonds is 6. The van der Waals surface area contributed by atoms with E-state index < -0.39 is 0 Å². The smallest absolute Gasteiger partial charge is 0.256 e. The number of ether oxygens (including phenoxy) is 1. The predicted octanol–water partition coefficient (Wildman–Crippen LogP) is 3.88. The van der Waals surface area contributed by atoms with Crippen LogP contribution in [0.4, 0.5) is 17.2 Å². The average Bonchev–Trinajstić information content (AvgIpc) is 2.69. The molecule has 1 amide bonds. The Morgan fingerprint density at radius 1 is 1.17 bits per heavy atom. The van der Waals surface area contributed by atoms with Crippen molar-refractivity contribution in [2.45, 2.75) is 20.8 Å². The number of aromatic nitrogens is 3. The van der Waals surface area contributed by atoms with Crippen molar-refractivity contribution in [2.75, 3.05) is 17.7 Å². The van der Waals surface area contributed by atoms with Crippen LogP contribution in [0.1, 0.15) is 34.2 Å². The summed E-state index contributed by atoms with van der Waals surface area (Å²) in [5.74, 6) is 0.818. The topological polar surface area (TPSA) is 113 Å². The van der Waals surface area contributed by atoms with E-state index in [0.717, 1.165) is 11.4 Å². The Bertz CT molecular complexity index is 1060. The molecule has 0 spiro atoms. The minimum absolute atomic E-state index is 0.222. The lowest BCUT2D eigenvalue weighted by Gasteiger charge is -2.16. The molecule has 8 heteroatoms. The van der Waals surface area contributed by atoms with Crippen LogP contribution in [-0.4, -0.2) is 33.7 Å². The molecule has 3 rings (SSSR count). The van der Waals surface area contributed by atoms with Crippen LogP contribution in [0.25, 0.3) is 0 Å². The summed E-state index contributed by atoms with van der Waals surface area (Å²) >= 11 is 0. The van der Waals surface area contributed by atoms with Crippen molar-refractivity contribution in [3.8, 4) is 5.75 Å². The molecule has 0 fully saturated rings. The molecule has 0 atom stereocenters. The van der Waals surface area contributed by atoms with E-state index in [9.17, 15) is 4.79 Å². The molecule has 0 aliphatic carbocycles. The zero-order valence-corrected chi connectivity index (χ0v) is 16.7. The Hall–Kier alpha value is -3.81. The largest absolute Gasteiger partial charge is 0.497 e. The van der Waals surface area contributed by atoms with Gasteiger partial charge in [-0.15, -0.1) is 0 Å². The normalized spacial score (nSPS) is 10.3. The lowest BCUT2D eigenvalue weighted by molar-refractivity contribution is 0.102. The molecule has 0 aliphatic heterocycles. The monoisotopic (exact) mass is 390 g/mol. The number of amides is 1. The van der Waals surface area contributed by atoms with E-state index in [-0.39, 0.29) is 11.6 Å².